The van der Waals surface area contributed by atoms with Crippen molar-refractivity contribution in [3.05, 3.63) is 42.6 Å². The van der Waals surface area contributed by atoms with E-state index in [4.69, 9.17) is 19.7 Å². The second kappa shape index (κ2) is 10.4. The molecule has 0 amide bonds. The molecule has 0 radical (unpaired) electrons. The highest BCUT2D eigenvalue weighted by molar-refractivity contribution is 5.73. The van der Waals surface area contributed by atoms with E-state index < -0.39 is 18.1 Å². The van der Waals surface area contributed by atoms with Crippen molar-refractivity contribution in [1.82, 2.24) is 9.97 Å². The number of aliphatic carboxylic acids is 2. The Hall–Kier alpha value is -3.37. The van der Waals surface area contributed by atoms with Gasteiger partial charge in [-0.25, -0.2) is 9.78 Å². The van der Waals surface area contributed by atoms with Gasteiger partial charge in [0.05, 0.1) is 5.92 Å². The summed E-state index contributed by atoms with van der Waals surface area (Å²) < 4.78 is 37.4. The quantitative estimate of drug-likeness (QED) is 0.656. The zero-order chi connectivity index (χ0) is 22.1. The van der Waals surface area contributed by atoms with Crippen LogP contribution in [-0.4, -0.2) is 44.3 Å². The lowest BCUT2D eigenvalue weighted by molar-refractivity contribution is -0.192. The summed E-state index contributed by atoms with van der Waals surface area (Å²) in [5.74, 6) is -1.96. The number of nitrogens with zero attached hydrogens (tertiary/aromatic N) is 2. The third kappa shape index (κ3) is 7.57. The van der Waals surface area contributed by atoms with E-state index in [9.17, 15) is 18.0 Å². The monoisotopic (exact) mass is 427 g/mol. The summed E-state index contributed by atoms with van der Waals surface area (Å²) in [6.07, 6.45) is -0.439. The second-order valence-corrected chi connectivity index (χ2v) is 6.47. The Bertz CT molecular complexity index is 841. The van der Waals surface area contributed by atoms with Gasteiger partial charge in [-0.15, -0.1) is 0 Å². The SMILES string of the molecule is O=C(O)C(F)(F)F.O=C(O)C1CCC(Nc2nccc(Oc3ccccc3)n2)CC1. The van der Waals surface area contributed by atoms with E-state index in [1.807, 2.05) is 30.3 Å². The number of benzene rings is 1. The molecule has 1 aromatic carbocycles. The van der Waals surface area contributed by atoms with E-state index in [0.717, 1.165) is 18.6 Å². The first-order valence-corrected chi connectivity index (χ1v) is 9.00. The first kappa shape index (κ1) is 22.9. The van der Waals surface area contributed by atoms with Crippen LogP contribution >= 0.6 is 0 Å². The average molecular weight is 427 g/mol. The van der Waals surface area contributed by atoms with E-state index in [1.165, 1.54) is 0 Å². The van der Waals surface area contributed by atoms with Crippen molar-refractivity contribution in [2.45, 2.75) is 37.9 Å². The molecule has 2 aromatic rings. The van der Waals surface area contributed by atoms with Crippen LogP contribution in [0.25, 0.3) is 0 Å². The van der Waals surface area contributed by atoms with Gasteiger partial charge >= 0.3 is 18.1 Å². The normalized spacial score (nSPS) is 18.5. The van der Waals surface area contributed by atoms with Gasteiger partial charge in [0, 0.05) is 18.3 Å². The zero-order valence-corrected chi connectivity index (χ0v) is 15.7. The number of halogens is 3. The van der Waals surface area contributed by atoms with Crippen molar-refractivity contribution in [1.29, 1.82) is 0 Å². The molecule has 1 aliphatic carbocycles. The average Bonchev–Trinajstić information content (AvgIpc) is 2.69. The Balaban J connectivity index is 0.000000396. The predicted molar refractivity (Wildman–Crippen MR) is 99.2 cm³/mol. The molecule has 1 aromatic heterocycles. The molecule has 0 bridgehead atoms. The highest BCUT2D eigenvalue weighted by Crippen LogP contribution is 2.26. The van der Waals surface area contributed by atoms with Crippen LogP contribution in [0.15, 0.2) is 42.6 Å². The van der Waals surface area contributed by atoms with Crippen LogP contribution in [0.2, 0.25) is 0 Å². The summed E-state index contributed by atoms with van der Waals surface area (Å²) in [5, 5.41) is 19.4. The molecule has 1 aliphatic rings. The van der Waals surface area contributed by atoms with Crippen LogP contribution in [0.3, 0.4) is 0 Å². The maximum atomic E-state index is 11.0. The van der Waals surface area contributed by atoms with E-state index in [0.29, 0.717) is 24.7 Å². The Morgan fingerprint density at radius 2 is 1.63 bits per heavy atom. The van der Waals surface area contributed by atoms with Gasteiger partial charge in [-0.3, -0.25) is 4.79 Å². The van der Waals surface area contributed by atoms with E-state index in [-0.39, 0.29) is 12.0 Å². The number of anilines is 1. The van der Waals surface area contributed by atoms with Gasteiger partial charge in [0.15, 0.2) is 0 Å². The summed E-state index contributed by atoms with van der Waals surface area (Å²) >= 11 is 0. The topological polar surface area (TPSA) is 122 Å². The molecule has 0 aliphatic heterocycles. The first-order chi connectivity index (χ1) is 14.1. The lowest BCUT2D eigenvalue weighted by Gasteiger charge is -2.26. The summed E-state index contributed by atoms with van der Waals surface area (Å²) in [4.78, 5) is 28.4. The van der Waals surface area contributed by atoms with Crippen molar-refractivity contribution in [2.24, 2.45) is 5.92 Å². The standard InChI is InChI=1S/C17H19N3O3.C2HF3O2/c21-16(22)12-6-8-13(9-7-12)19-17-18-11-10-15(20-17)23-14-4-2-1-3-5-14;3-2(4,5)1(6)7/h1-5,10-13H,6-9H2,(H,21,22)(H,18,19,20);(H,6,7). The van der Waals surface area contributed by atoms with Crippen LogP contribution in [0, 0.1) is 5.92 Å². The Kier molecular flexibility index (Phi) is 7.96. The molecule has 11 heteroatoms. The second-order valence-electron chi connectivity index (χ2n) is 6.47. The number of aromatic nitrogens is 2. The molecular formula is C19H20F3N3O5. The van der Waals surface area contributed by atoms with Crippen LogP contribution < -0.4 is 10.1 Å². The van der Waals surface area contributed by atoms with Gasteiger partial charge < -0.3 is 20.3 Å². The molecule has 8 nitrogen and oxygen atoms in total. The highest BCUT2D eigenvalue weighted by Gasteiger charge is 2.38. The molecular weight excluding hydrogens is 407 g/mol. The molecule has 1 fully saturated rings. The van der Waals surface area contributed by atoms with Crippen molar-refractivity contribution in [3.63, 3.8) is 0 Å². The summed E-state index contributed by atoms with van der Waals surface area (Å²) in [6, 6.07) is 11.4. The molecule has 162 valence electrons. The number of hydrogen-bond acceptors (Lipinski definition) is 6. The number of nitrogens with one attached hydrogen (secondary N) is 1. The Labute approximate surface area is 169 Å². The number of rotatable bonds is 5. The Morgan fingerprint density at radius 3 is 2.17 bits per heavy atom. The third-order valence-corrected chi connectivity index (χ3v) is 4.25. The number of carboxylic acids is 2. The van der Waals surface area contributed by atoms with Gasteiger partial charge in [0.1, 0.15) is 5.75 Å². The number of carboxylic acid groups (broad SMARTS) is 2. The molecule has 30 heavy (non-hydrogen) atoms. The minimum absolute atomic E-state index is 0.206. The van der Waals surface area contributed by atoms with Crippen LogP contribution in [0.4, 0.5) is 19.1 Å². The van der Waals surface area contributed by atoms with Gasteiger partial charge in [-0.2, -0.15) is 18.2 Å². The third-order valence-electron chi connectivity index (χ3n) is 4.25. The maximum absolute atomic E-state index is 11.0. The molecule has 1 heterocycles. The van der Waals surface area contributed by atoms with Gasteiger partial charge in [-0.1, -0.05) is 18.2 Å². The zero-order valence-electron chi connectivity index (χ0n) is 15.7. The van der Waals surface area contributed by atoms with Crippen molar-refractivity contribution in [3.8, 4) is 11.6 Å². The van der Waals surface area contributed by atoms with E-state index in [1.54, 1.807) is 12.3 Å². The minimum Gasteiger partial charge on any atom is -0.481 e. The van der Waals surface area contributed by atoms with Crippen LogP contribution in [0.1, 0.15) is 25.7 Å². The van der Waals surface area contributed by atoms with Gasteiger partial charge in [0.25, 0.3) is 0 Å². The van der Waals surface area contributed by atoms with E-state index >= 15 is 0 Å². The molecule has 1 saturated carbocycles. The summed E-state index contributed by atoms with van der Waals surface area (Å²) in [6.45, 7) is 0. The molecule has 0 atom stereocenters. The number of alkyl halides is 3. The van der Waals surface area contributed by atoms with Gasteiger partial charge in [0.2, 0.25) is 11.8 Å². The lowest BCUT2D eigenvalue weighted by atomic mass is 9.86. The highest BCUT2D eigenvalue weighted by atomic mass is 19.4. The fourth-order valence-electron chi connectivity index (χ4n) is 2.75. The fourth-order valence-corrected chi connectivity index (χ4v) is 2.75. The van der Waals surface area contributed by atoms with Crippen LogP contribution in [0.5, 0.6) is 11.6 Å². The van der Waals surface area contributed by atoms with Gasteiger partial charge in [-0.05, 0) is 37.8 Å². The largest absolute Gasteiger partial charge is 0.490 e. The smallest absolute Gasteiger partial charge is 0.481 e. The van der Waals surface area contributed by atoms with Crippen LogP contribution in [-0.2, 0) is 9.59 Å². The number of carbonyl (C=O) groups is 2. The molecule has 0 saturated heterocycles. The lowest BCUT2D eigenvalue weighted by Crippen LogP contribution is -2.29. The summed E-state index contributed by atoms with van der Waals surface area (Å²) in [7, 11) is 0. The maximum Gasteiger partial charge on any atom is 0.490 e. The predicted octanol–water partition coefficient (Wildman–Crippen LogP) is 3.96. The van der Waals surface area contributed by atoms with E-state index in [2.05, 4.69) is 15.3 Å². The first-order valence-electron chi connectivity index (χ1n) is 9.00. The molecule has 3 N–H and O–H groups in total. The fraction of sp³-hybridized carbons (Fsp3) is 0.368. The molecule has 0 spiro atoms. The Morgan fingerprint density at radius 1 is 1.03 bits per heavy atom. The van der Waals surface area contributed by atoms with Crippen molar-refractivity contribution < 1.29 is 37.7 Å². The molecule has 0 unspecified atom stereocenters. The summed E-state index contributed by atoms with van der Waals surface area (Å²) in [5.41, 5.74) is 0. The minimum atomic E-state index is -5.08. The number of ether oxygens (including phenoxy) is 1. The molecule has 3 rings (SSSR count). The van der Waals surface area contributed by atoms with Crippen molar-refractivity contribution >= 4 is 17.9 Å². The number of hydrogen-bond donors (Lipinski definition) is 3. The number of para-hydroxylation sites is 1. The van der Waals surface area contributed by atoms with Crippen molar-refractivity contribution in [2.75, 3.05) is 5.32 Å².